The summed E-state index contributed by atoms with van der Waals surface area (Å²) in [4.78, 5) is 11.4. The van der Waals surface area contributed by atoms with Gasteiger partial charge in [-0.1, -0.05) is 13.3 Å². The number of nitrogens with one attached hydrogen (secondary N) is 1. The fourth-order valence-corrected chi connectivity index (χ4v) is 2.35. The minimum Gasteiger partial charge on any atom is -0.469 e. The number of hydrogen-bond donors (Lipinski definition) is 2. The first-order chi connectivity index (χ1) is 7.60. The van der Waals surface area contributed by atoms with Crippen molar-refractivity contribution < 1.29 is 14.6 Å². The second kappa shape index (κ2) is 6.21. The highest BCUT2D eigenvalue weighted by Crippen LogP contribution is 2.26. The van der Waals surface area contributed by atoms with Gasteiger partial charge in [0.05, 0.1) is 13.0 Å². The Bertz CT molecular complexity index is 232. The molecule has 94 valence electrons. The number of carbonyl (C=O) groups excluding carboxylic acids is 1. The summed E-state index contributed by atoms with van der Waals surface area (Å²) in [5, 5.41) is 12.6. The first-order valence-corrected chi connectivity index (χ1v) is 6.04. The lowest BCUT2D eigenvalue weighted by atomic mass is 9.99. The molecular formula is C12H23NO3. The molecule has 16 heavy (non-hydrogen) atoms. The van der Waals surface area contributed by atoms with Crippen LogP contribution in [0.15, 0.2) is 0 Å². The van der Waals surface area contributed by atoms with Crippen molar-refractivity contribution in [2.45, 2.75) is 45.2 Å². The standard InChI is InChI=1S/C12H23NO3/c1-8(12(15)16-3)9(2)13-11-6-4-5-10(11)7-14/h8-11,13-14H,4-7H2,1-3H3. The van der Waals surface area contributed by atoms with E-state index in [0.29, 0.717) is 12.0 Å². The summed E-state index contributed by atoms with van der Waals surface area (Å²) in [6, 6.07) is 0.428. The molecule has 0 heterocycles. The number of methoxy groups -OCH3 is 1. The smallest absolute Gasteiger partial charge is 0.309 e. The number of carbonyl (C=O) groups is 1. The molecule has 1 aliphatic carbocycles. The van der Waals surface area contributed by atoms with Crippen molar-refractivity contribution in [3.05, 3.63) is 0 Å². The molecule has 0 aromatic rings. The monoisotopic (exact) mass is 229 g/mol. The molecule has 0 aliphatic heterocycles. The Kier molecular flexibility index (Phi) is 5.22. The van der Waals surface area contributed by atoms with Crippen LogP contribution in [0.4, 0.5) is 0 Å². The van der Waals surface area contributed by atoms with Gasteiger partial charge in [0.2, 0.25) is 0 Å². The van der Waals surface area contributed by atoms with Gasteiger partial charge in [0.15, 0.2) is 0 Å². The van der Waals surface area contributed by atoms with Crippen LogP contribution in [0.5, 0.6) is 0 Å². The number of aliphatic hydroxyl groups excluding tert-OH is 1. The second-order valence-corrected chi connectivity index (χ2v) is 4.75. The topological polar surface area (TPSA) is 58.6 Å². The van der Waals surface area contributed by atoms with E-state index in [0.717, 1.165) is 19.3 Å². The minimum atomic E-state index is -0.182. The molecule has 1 saturated carbocycles. The van der Waals surface area contributed by atoms with Gasteiger partial charge in [-0.15, -0.1) is 0 Å². The Morgan fingerprint density at radius 2 is 2.19 bits per heavy atom. The van der Waals surface area contributed by atoms with Crippen molar-refractivity contribution in [2.75, 3.05) is 13.7 Å². The van der Waals surface area contributed by atoms with Gasteiger partial charge in [0.1, 0.15) is 0 Å². The Morgan fingerprint density at radius 3 is 2.75 bits per heavy atom. The van der Waals surface area contributed by atoms with E-state index in [4.69, 9.17) is 4.74 Å². The Morgan fingerprint density at radius 1 is 1.50 bits per heavy atom. The van der Waals surface area contributed by atoms with Gasteiger partial charge in [-0.3, -0.25) is 4.79 Å². The molecule has 0 amide bonds. The van der Waals surface area contributed by atoms with E-state index in [-0.39, 0.29) is 24.5 Å². The third-order valence-corrected chi connectivity index (χ3v) is 3.69. The summed E-state index contributed by atoms with van der Waals surface area (Å²) in [5.74, 6) is 0.00999. The maximum absolute atomic E-state index is 11.4. The van der Waals surface area contributed by atoms with Crippen molar-refractivity contribution in [3.63, 3.8) is 0 Å². The van der Waals surface area contributed by atoms with Gasteiger partial charge in [0, 0.05) is 18.7 Å². The highest BCUT2D eigenvalue weighted by molar-refractivity contribution is 5.72. The van der Waals surface area contributed by atoms with Crippen molar-refractivity contribution in [3.8, 4) is 0 Å². The van der Waals surface area contributed by atoms with Crippen LogP contribution in [0.2, 0.25) is 0 Å². The van der Waals surface area contributed by atoms with Crippen molar-refractivity contribution >= 4 is 5.97 Å². The lowest BCUT2D eigenvalue weighted by Crippen LogP contribution is -2.45. The van der Waals surface area contributed by atoms with Crippen molar-refractivity contribution in [1.29, 1.82) is 0 Å². The zero-order chi connectivity index (χ0) is 12.1. The van der Waals surface area contributed by atoms with Gasteiger partial charge in [0.25, 0.3) is 0 Å². The third-order valence-electron chi connectivity index (χ3n) is 3.69. The third kappa shape index (κ3) is 3.19. The number of hydrogen-bond acceptors (Lipinski definition) is 4. The molecule has 1 rings (SSSR count). The van der Waals surface area contributed by atoms with Gasteiger partial charge in [-0.25, -0.2) is 0 Å². The molecule has 0 saturated heterocycles. The minimum absolute atomic E-state index is 0.0876. The van der Waals surface area contributed by atoms with Crippen LogP contribution in [0.25, 0.3) is 0 Å². The average molecular weight is 229 g/mol. The van der Waals surface area contributed by atoms with E-state index in [1.807, 2.05) is 13.8 Å². The molecule has 0 spiro atoms. The summed E-state index contributed by atoms with van der Waals surface area (Å²) in [5.41, 5.74) is 0. The lowest BCUT2D eigenvalue weighted by Gasteiger charge is -2.26. The van der Waals surface area contributed by atoms with E-state index in [2.05, 4.69) is 5.32 Å². The fourth-order valence-electron chi connectivity index (χ4n) is 2.35. The molecule has 0 aromatic carbocycles. The number of esters is 1. The molecular weight excluding hydrogens is 206 g/mol. The summed E-state index contributed by atoms with van der Waals surface area (Å²) >= 11 is 0. The van der Waals surface area contributed by atoms with Crippen LogP contribution in [-0.2, 0) is 9.53 Å². The van der Waals surface area contributed by atoms with Crippen LogP contribution in [0.1, 0.15) is 33.1 Å². The molecule has 4 nitrogen and oxygen atoms in total. The van der Waals surface area contributed by atoms with E-state index < -0.39 is 0 Å². The molecule has 4 unspecified atom stereocenters. The molecule has 4 atom stereocenters. The van der Waals surface area contributed by atoms with E-state index in [1.165, 1.54) is 7.11 Å². The highest BCUT2D eigenvalue weighted by atomic mass is 16.5. The van der Waals surface area contributed by atoms with Crippen LogP contribution < -0.4 is 5.32 Å². The summed E-state index contributed by atoms with van der Waals surface area (Å²) in [6.07, 6.45) is 3.32. The first kappa shape index (κ1) is 13.5. The fraction of sp³-hybridized carbons (Fsp3) is 0.917. The maximum atomic E-state index is 11.4. The van der Waals surface area contributed by atoms with Gasteiger partial charge < -0.3 is 15.2 Å². The van der Waals surface area contributed by atoms with Crippen LogP contribution >= 0.6 is 0 Å². The zero-order valence-electron chi connectivity index (χ0n) is 10.4. The lowest BCUT2D eigenvalue weighted by molar-refractivity contribution is -0.145. The average Bonchev–Trinajstić information content (AvgIpc) is 2.74. The van der Waals surface area contributed by atoms with Gasteiger partial charge >= 0.3 is 5.97 Å². The molecule has 1 aliphatic rings. The van der Waals surface area contributed by atoms with Crippen LogP contribution in [0, 0.1) is 11.8 Å². The number of aliphatic hydroxyl groups is 1. The maximum Gasteiger partial charge on any atom is 0.309 e. The summed E-state index contributed by atoms with van der Waals surface area (Å²) in [6.45, 7) is 4.09. The van der Waals surface area contributed by atoms with Crippen LogP contribution in [-0.4, -0.2) is 36.9 Å². The number of rotatable bonds is 5. The van der Waals surface area contributed by atoms with Crippen molar-refractivity contribution in [2.24, 2.45) is 11.8 Å². The molecule has 0 aromatic heterocycles. The highest BCUT2D eigenvalue weighted by Gasteiger charge is 2.30. The SMILES string of the molecule is COC(=O)C(C)C(C)NC1CCCC1CO. The largest absolute Gasteiger partial charge is 0.469 e. The normalized spacial score (nSPS) is 28.8. The Balaban J connectivity index is 2.44. The zero-order valence-corrected chi connectivity index (χ0v) is 10.4. The van der Waals surface area contributed by atoms with Gasteiger partial charge in [-0.05, 0) is 25.7 Å². The predicted octanol–water partition coefficient (Wildman–Crippen LogP) is 0.935. The van der Waals surface area contributed by atoms with Crippen molar-refractivity contribution in [1.82, 2.24) is 5.32 Å². The molecule has 1 fully saturated rings. The quantitative estimate of drug-likeness (QED) is 0.689. The molecule has 4 heteroatoms. The Hall–Kier alpha value is -0.610. The van der Waals surface area contributed by atoms with E-state index >= 15 is 0 Å². The Labute approximate surface area is 97.4 Å². The van der Waals surface area contributed by atoms with Gasteiger partial charge in [-0.2, -0.15) is 0 Å². The number of ether oxygens (including phenoxy) is 1. The molecule has 0 bridgehead atoms. The predicted molar refractivity (Wildman–Crippen MR) is 62.0 cm³/mol. The van der Waals surface area contributed by atoms with E-state index in [1.54, 1.807) is 0 Å². The first-order valence-electron chi connectivity index (χ1n) is 6.04. The summed E-state index contributed by atoms with van der Waals surface area (Å²) < 4.78 is 4.72. The van der Waals surface area contributed by atoms with E-state index in [9.17, 15) is 9.90 Å². The van der Waals surface area contributed by atoms with Crippen LogP contribution in [0.3, 0.4) is 0 Å². The molecule has 2 N–H and O–H groups in total. The molecule has 0 radical (unpaired) electrons. The summed E-state index contributed by atoms with van der Waals surface area (Å²) in [7, 11) is 1.41. The second-order valence-electron chi connectivity index (χ2n) is 4.75.